The molecular formula is C26H27N7O3S. The predicted octanol–water partition coefficient (Wildman–Crippen LogP) is 4.46. The third-order valence-electron chi connectivity index (χ3n) is 5.69. The number of piperazine rings is 1. The highest BCUT2D eigenvalue weighted by Crippen LogP contribution is 2.29. The van der Waals surface area contributed by atoms with Crippen LogP contribution in [0.25, 0.3) is 21.0 Å². The number of nitrogens with zero attached hydrogens (tertiary/aromatic N) is 6. The summed E-state index contributed by atoms with van der Waals surface area (Å²) in [6.45, 7) is 7.79. The highest BCUT2D eigenvalue weighted by molar-refractivity contribution is 7.21. The second-order valence-corrected chi connectivity index (χ2v) is 10.6. The molecule has 1 N–H and O–H groups in total. The molecule has 3 aromatic heterocycles. The Morgan fingerprint density at radius 2 is 1.78 bits per heavy atom. The minimum Gasteiger partial charge on any atom is -0.444 e. The van der Waals surface area contributed by atoms with Gasteiger partial charge in [-0.05, 0) is 45.0 Å². The number of hydrogen-bond acceptors (Lipinski definition) is 9. The largest absolute Gasteiger partial charge is 0.444 e. The van der Waals surface area contributed by atoms with Crippen LogP contribution in [0.3, 0.4) is 0 Å². The van der Waals surface area contributed by atoms with Gasteiger partial charge in [-0.2, -0.15) is 0 Å². The van der Waals surface area contributed by atoms with Crippen LogP contribution in [0.2, 0.25) is 0 Å². The highest BCUT2D eigenvalue weighted by atomic mass is 32.1. The number of rotatable bonds is 4. The lowest BCUT2D eigenvalue weighted by Crippen LogP contribution is -2.50. The van der Waals surface area contributed by atoms with Gasteiger partial charge in [0, 0.05) is 38.6 Å². The van der Waals surface area contributed by atoms with E-state index in [1.54, 1.807) is 29.6 Å². The van der Waals surface area contributed by atoms with Crippen LogP contribution in [0.15, 0.2) is 55.0 Å². The van der Waals surface area contributed by atoms with Crippen molar-refractivity contribution in [3.63, 3.8) is 0 Å². The zero-order valence-corrected chi connectivity index (χ0v) is 21.7. The van der Waals surface area contributed by atoms with Crippen molar-refractivity contribution >= 4 is 44.9 Å². The predicted molar refractivity (Wildman–Crippen MR) is 143 cm³/mol. The molecule has 0 spiro atoms. The van der Waals surface area contributed by atoms with Crippen LogP contribution >= 0.6 is 11.3 Å². The van der Waals surface area contributed by atoms with Crippen LogP contribution in [-0.4, -0.2) is 68.6 Å². The number of fused-ring (bicyclic) bond motifs is 1. The van der Waals surface area contributed by atoms with Gasteiger partial charge in [0.2, 0.25) is 0 Å². The number of nitrogens with one attached hydrogen (secondary N) is 1. The van der Waals surface area contributed by atoms with Gasteiger partial charge in [0.15, 0.2) is 10.8 Å². The molecule has 1 saturated heterocycles. The molecule has 0 saturated carbocycles. The van der Waals surface area contributed by atoms with E-state index in [4.69, 9.17) is 4.74 Å². The maximum Gasteiger partial charge on any atom is 0.410 e. The van der Waals surface area contributed by atoms with Crippen molar-refractivity contribution in [1.82, 2.24) is 24.8 Å². The molecule has 190 valence electrons. The molecule has 2 amide bonds. The zero-order chi connectivity index (χ0) is 26.0. The van der Waals surface area contributed by atoms with Crippen LogP contribution < -0.4 is 10.2 Å². The van der Waals surface area contributed by atoms with Gasteiger partial charge >= 0.3 is 6.09 Å². The van der Waals surface area contributed by atoms with Gasteiger partial charge in [0.1, 0.15) is 11.3 Å². The number of para-hydroxylation sites is 1. The fraction of sp³-hybridized carbons (Fsp3) is 0.308. The summed E-state index contributed by atoms with van der Waals surface area (Å²) in [6, 6.07) is 11.2. The van der Waals surface area contributed by atoms with Crippen molar-refractivity contribution in [2.24, 2.45) is 0 Å². The number of carbonyl (C=O) groups excluding carboxylic acids is 2. The van der Waals surface area contributed by atoms with Crippen molar-refractivity contribution in [3.8, 4) is 10.8 Å². The average molecular weight is 518 g/mol. The molecule has 0 radical (unpaired) electrons. The number of pyridine rings is 1. The third-order valence-corrected chi connectivity index (χ3v) is 6.72. The van der Waals surface area contributed by atoms with Gasteiger partial charge in [-0.3, -0.25) is 9.78 Å². The first-order valence-corrected chi connectivity index (χ1v) is 12.8. The third kappa shape index (κ3) is 5.67. The lowest BCUT2D eigenvalue weighted by molar-refractivity contribution is 0.0240. The zero-order valence-electron chi connectivity index (χ0n) is 20.8. The summed E-state index contributed by atoms with van der Waals surface area (Å²) in [5.41, 5.74) is 1.96. The van der Waals surface area contributed by atoms with Crippen molar-refractivity contribution < 1.29 is 14.3 Å². The molecule has 0 bridgehead atoms. The molecular weight excluding hydrogens is 490 g/mol. The molecule has 11 heteroatoms. The average Bonchev–Trinajstić information content (AvgIpc) is 3.33. The van der Waals surface area contributed by atoms with Gasteiger partial charge in [0.25, 0.3) is 5.91 Å². The SMILES string of the molecule is CC(C)(C)OC(=O)N1CCN(c2ccncc2NC(=O)c2ccnc(-c3nc4ccccc4s3)n2)CC1. The monoisotopic (exact) mass is 517 g/mol. The lowest BCUT2D eigenvalue weighted by Gasteiger charge is -2.37. The minimum atomic E-state index is -0.537. The van der Waals surface area contributed by atoms with Gasteiger partial charge in [-0.25, -0.2) is 19.7 Å². The molecule has 10 nitrogen and oxygen atoms in total. The Morgan fingerprint density at radius 1 is 1.00 bits per heavy atom. The van der Waals surface area contributed by atoms with Gasteiger partial charge in [0.05, 0.1) is 27.8 Å². The van der Waals surface area contributed by atoms with Crippen LogP contribution in [0.4, 0.5) is 16.2 Å². The maximum atomic E-state index is 13.1. The van der Waals surface area contributed by atoms with E-state index < -0.39 is 5.60 Å². The number of hydrogen-bond donors (Lipinski definition) is 1. The molecule has 4 heterocycles. The standard InChI is InChI=1S/C26H27N7O3S/c1-26(2,3)36-25(35)33-14-12-32(13-15-33)20-9-10-27-16-19(20)30-23(34)18-8-11-28-22(29-18)24-31-17-6-4-5-7-21(17)37-24/h4-11,16H,12-15H2,1-3H3,(H,30,34). The smallest absolute Gasteiger partial charge is 0.410 e. The molecule has 0 atom stereocenters. The van der Waals surface area contributed by atoms with Gasteiger partial charge in [-0.15, -0.1) is 11.3 Å². The number of aromatic nitrogens is 4. The summed E-state index contributed by atoms with van der Waals surface area (Å²) in [7, 11) is 0. The second kappa shape index (κ2) is 10.1. The Kier molecular flexibility index (Phi) is 6.70. The quantitative estimate of drug-likeness (QED) is 0.422. The van der Waals surface area contributed by atoms with Crippen molar-refractivity contribution in [2.75, 3.05) is 36.4 Å². The molecule has 1 aliphatic rings. The van der Waals surface area contributed by atoms with Crippen LogP contribution in [0, 0.1) is 0 Å². The minimum absolute atomic E-state index is 0.230. The summed E-state index contributed by atoms with van der Waals surface area (Å²) < 4.78 is 6.52. The van der Waals surface area contributed by atoms with Crippen LogP contribution in [-0.2, 0) is 4.74 Å². The summed E-state index contributed by atoms with van der Waals surface area (Å²) >= 11 is 1.48. The fourth-order valence-corrected chi connectivity index (χ4v) is 4.86. The fourth-order valence-electron chi connectivity index (χ4n) is 3.96. The Bertz CT molecular complexity index is 1410. The van der Waals surface area contributed by atoms with E-state index in [2.05, 4.69) is 30.2 Å². The summed E-state index contributed by atoms with van der Waals surface area (Å²) in [5.74, 6) is 0.0323. The Morgan fingerprint density at radius 3 is 2.54 bits per heavy atom. The highest BCUT2D eigenvalue weighted by Gasteiger charge is 2.27. The molecule has 37 heavy (non-hydrogen) atoms. The first-order valence-electron chi connectivity index (χ1n) is 11.9. The number of carbonyl (C=O) groups is 2. The van der Waals surface area contributed by atoms with E-state index in [1.807, 2.05) is 51.1 Å². The number of anilines is 2. The van der Waals surface area contributed by atoms with Gasteiger partial charge in [-0.1, -0.05) is 12.1 Å². The molecule has 4 aromatic rings. The first-order chi connectivity index (χ1) is 17.8. The van der Waals surface area contributed by atoms with Crippen LogP contribution in [0.1, 0.15) is 31.3 Å². The van der Waals surface area contributed by atoms with E-state index >= 15 is 0 Å². The molecule has 1 aromatic carbocycles. The Hall–Kier alpha value is -4.12. The number of benzene rings is 1. The number of ether oxygens (including phenoxy) is 1. The van der Waals surface area contributed by atoms with Gasteiger partial charge < -0.3 is 19.9 Å². The molecule has 1 fully saturated rings. The second-order valence-electron chi connectivity index (χ2n) is 9.55. The molecule has 0 aliphatic carbocycles. The maximum absolute atomic E-state index is 13.1. The lowest BCUT2D eigenvalue weighted by atomic mass is 10.2. The molecule has 1 aliphatic heterocycles. The van der Waals surface area contributed by atoms with Crippen molar-refractivity contribution in [3.05, 3.63) is 60.7 Å². The normalized spacial score (nSPS) is 14.0. The number of amides is 2. The van der Waals surface area contributed by atoms with Crippen molar-refractivity contribution in [1.29, 1.82) is 0 Å². The Balaban J connectivity index is 1.29. The molecule has 0 unspecified atom stereocenters. The molecule has 5 rings (SSSR count). The Labute approximate surface area is 218 Å². The van der Waals surface area contributed by atoms with E-state index in [0.717, 1.165) is 15.9 Å². The van der Waals surface area contributed by atoms with E-state index in [9.17, 15) is 9.59 Å². The topological polar surface area (TPSA) is 113 Å². The van der Waals surface area contributed by atoms with E-state index in [1.165, 1.54) is 11.3 Å². The summed E-state index contributed by atoms with van der Waals surface area (Å²) in [4.78, 5) is 46.9. The van der Waals surface area contributed by atoms with E-state index in [0.29, 0.717) is 42.7 Å². The first kappa shape index (κ1) is 24.6. The number of thiazole rings is 1. The summed E-state index contributed by atoms with van der Waals surface area (Å²) in [5, 5.41) is 3.59. The summed E-state index contributed by atoms with van der Waals surface area (Å²) in [6.07, 6.45) is 4.54. The van der Waals surface area contributed by atoms with Crippen molar-refractivity contribution in [2.45, 2.75) is 26.4 Å². The van der Waals surface area contributed by atoms with Crippen LogP contribution in [0.5, 0.6) is 0 Å². The van der Waals surface area contributed by atoms with E-state index in [-0.39, 0.29) is 17.7 Å².